The highest BCUT2D eigenvalue weighted by atomic mass is 32.2. The van der Waals surface area contributed by atoms with Gasteiger partial charge in [0.05, 0.1) is 22.9 Å². The van der Waals surface area contributed by atoms with E-state index in [2.05, 4.69) is 5.32 Å². The second-order valence-electron chi connectivity index (χ2n) is 9.00. The van der Waals surface area contributed by atoms with Crippen LogP contribution in [-0.4, -0.2) is 55.1 Å². The van der Waals surface area contributed by atoms with Crippen molar-refractivity contribution < 1.29 is 26.8 Å². The molecule has 2 aromatic carbocycles. The van der Waals surface area contributed by atoms with Crippen LogP contribution in [0.1, 0.15) is 48.1 Å². The predicted octanol–water partition coefficient (Wildman–Crippen LogP) is 2.98. The maximum atomic E-state index is 13.7. The van der Waals surface area contributed by atoms with E-state index < -0.39 is 45.6 Å². The number of amides is 2. The van der Waals surface area contributed by atoms with Crippen molar-refractivity contribution in [3.63, 3.8) is 0 Å². The Labute approximate surface area is 208 Å². The van der Waals surface area contributed by atoms with E-state index in [0.717, 1.165) is 18.2 Å². The van der Waals surface area contributed by atoms with Crippen LogP contribution in [0, 0.1) is 28.9 Å². The molecule has 2 fully saturated rings. The number of hydrogen-bond donors (Lipinski definition) is 1. The molecular formula is C25H26F2N4O4S. The first-order chi connectivity index (χ1) is 17.1. The van der Waals surface area contributed by atoms with Crippen molar-refractivity contribution in [1.29, 1.82) is 5.26 Å². The third kappa shape index (κ3) is 5.10. The molecule has 2 atom stereocenters. The van der Waals surface area contributed by atoms with Gasteiger partial charge in [0, 0.05) is 31.3 Å². The second-order valence-corrected chi connectivity index (χ2v) is 10.9. The number of halogens is 2. The van der Waals surface area contributed by atoms with E-state index in [4.69, 9.17) is 5.26 Å². The van der Waals surface area contributed by atoms with Crippen molar-refractivity contribution in [2.45, 2.75) is 43.2 Å². The van der Waals surface area contributed by atoms with Crippen molar-refractivity contribution in [2.75, 3.05) is 19.6 Å². The fraction of sp³-hybridized carbons (Fsp3) is 0.400. The molecule has 1 unspecified atom stereocenters. The minimum absolute atomic E-state index is 0.0517. The summed E-state index contributed by atoms with van der Waals surface area (Å²) in [5.41, 5.74) is 0.425. The lowest BCUT2D eigenvalue weighted by Crippen LogP contribution is -2.49. The van der Waals surface area contributed by atoms with Crippen LogP contribution in [0.4, 0.5) is 8.78 Å². The zero-order chi connectivity index (χ0) is 26.0. The Hall–Kier alpha value is -3.36. The molecule has 8 nitrogen and oxygen atoms in total. The fourth-order valence-electron chi connectivity index (χ4n) is 4.57. The van der Waals surface area contributed by atoms with Gasteiger partial charge in [-0.2, -0.15) is 9.57 Å². The molecule has 11 heteroatoms. The molecule has 2 heterocycles. The number of nitrogens with one attached hydrogen (secondary N) is 1. The minimum atomic E-state index is -3.84. The highest BCUT2D eigenvalue weighted by molar-refractivity contribution is 7.89. The van der Waals surface area contributed by atoms with Gasteiger partial charge < -0.3 is 10.2 Å². The molecular weight excluding hydrogens is 490 g/mol. The predicted molar refractivity (Wildman–Crippen MR) is 126 cm³/mol. The topological polar surface area (TPSA) is 111 Å². The van der Waals surface area contributed by atoms with Gasteiger partial charge in [0.25, 0.3) is 5.91 Å². The largest absolute Gasteiger partial charge is 0.348 e. The molecule has 2 amide bonds. The first kappa shape index (κ1) is 25.7. The number of likely N-dealkylation sites (tertiary alicyclic amines) is 1. The molecule has 190 valence electrons. The summed E-state index contributed by atoms with van der Waals surface area (Å²) < 4.78 is 54.3. The number of hydrogen-bond acceptors (Lipinski definition) is 5. The maximum absolute atomic E-state index is 13.7. The Balaban J connectivity index is 1.50. The molecule has 0 saturated carbocycles. The van der Waals surface area contributed by atoms with Crippen molar-refractivity contribution in [3.8, 4) is 6.07 Å². The van der Waals surface area contributed by atoms with Gasteiger partial charge in [-0.25, -0.2) is 17.2 Å². The average molecular weight is 517 g/mol. The summed E-state index contributed by atoms with van der Waals surface area (Å²) in [5, 5.41) is 11.7. The lowest BCUT2D eigenvalue weighted by atomic mass is 10.0. The molecule has 4 rings (SSSR count). The van der Waals surface area contributed by atoms with Gasteiger partial charge in [-0.05, 0) is 55.2 Å². The van der Waals surface area contributed by atoms with Gasteiger partial charge in [-0.15, -0.1) is 0 Å². The van der Waals surface area contributed by atoms with Crippen LogP contribution < -0.4 is 5.32 Å². The summed E-state index contributed by atoms with van der Waals surface area (Å²) in [4.78, 5) is 27.8. The molecule has 1 N–H and O–H groups in total. The normalized spacial score (nSPS) is 19.4. The lowest BCUT2D eigenvalue weighted by molar-refractivity contribution is -0.125. The zero-order valence-electron chi connectivity index (χ0n) is 19.7. The van der Waals surface area contributed by atoms with E-state index in [1.807, 2.05) is 6.07 Å². The van der Waals surface area contributed by atoms with Gasteiger partial charge in [0.1, 0.15) is 17.7 Å². The van der Waals surface area contributed by atoms with E-state index >= 15 is 0 Å². The van der Waals surface area contributed by atoms with Crippen LogP contribution in [0.15, 0.2) is 47.4 Å². The zero-order valence-corrected chi connectivity index (χ0v) is 20.5. The monoisotopic (exact) mass is 516 g/mol. The number of nitrogens with zero attached hydrogens (tertiary/aromatic N) is 3. The van der Waals surface area contributed by atoms with Gasteiger partial charge in [0.15, 0.2) is 0 Å². The highest BCUT2D eigenvalue weighted by Crippen LogP contribution is 2.27. The number of nitriles is 1. The Morgan fingerprint density at radius 2 is 1.86 bits per heavy atom. The van der Waals surface area contributed by atoms with E-state index in [1.54, 1.807) is 6.92 Å². The van der Waals surface area contributed by atoms with Crippen molar-refractivity contribution in [2.24, 2.45) is 5.92 Å². The van der Waals surface area contributed by atoms with Crippen LogP contribution in [0.3, 0.4) is 0 Å². The molecule has 36 heavy (non-hydrogen) atoms. The summed E-state index contributed by atoms with van der Waals surface area (Å²) in [6.45, 7) is 2.31. The van der Waals surface area contributed by atoms with Crippen molar-refractivity contribution in [3.05, 3.63) is 65.2 Å². The second kappa shape index (κ2) is 10.3. The number of sulfonamides is 1. The van der Waals surface area contributed by atoms with Crippen LogP contribution in [0.5, 0.6) is 0 Å². The average Bonchev–Trinajstić information content (AvgIpc) is 3.30. The molecule has 2 saturated heterocycles. The SMILES string of the molecule is CCC(NC(=O)[C@H]1CCCN1C(=O)c1cccc(S(=O)(=O)N2CC(C#N)C2)c1)c1cc(F)cc(F)c1. The molecule has 0 spiro atoms. The number of carbonyl (C=O) groups is 2. The van der Waals surface area contributed by atoms with Crippen molar-refractivity contribution >= 4 is 21.8 Å². The van der Waals surface area contributed by atoms with Gasteiger partial charge in [-0.3, -0.25) is 9.59 Å². The molecule has 0 aromatic heterocycles. The Bertz CT molecular complexity index is 1300. The Morgan fingerprint density at radius 3 is 2.50 bits per heavy atom. The van der Waals surface area contributed by atoms with E-state index in [-0.39, 0.29) is 29.5 Å². The molecule has 0 aliphatic carbocycles. The third-order valence-electron chi connectivity index (χ3n) is 6.58. The summed E-state index contributed by atoms with van der Waals surface area (Å²) in [7, 11) is -3.84. The number of rotatable bonds is 7. The number of benzene rings is 2. The Morgan fingerprint density at radius 1 is 1.17 bits per heavy atom. The molecule has 2 aliphatic rings. The van der Waals surface area contributed by atoms with E-state index in [0.29, 0.717) is 31.4 Å². The van der Waals surface area contributed by atoms with Crippen LogP contribution in [-0.2, 0) is 14.8 Å². The lowest BCUT2D eigenvalue weighted by Gasteiger charge is -2.34. The quantitative estimate of drug-likeness (QED) is 0.608. The van der Waals surface area contributed by atoms with Gasteiger partial charge in [-0.1, -0.05) is 13.0 Å². The fourth-order valence-corrected chi connectivity index (χ4v) is 6.15. The van der Waals surface area contributed by atoms with Gasteiger partial charge in [0.2, 0.25) is 15.9 Å². The first-order valence-corrected chi connectivity index (χ1v) is 13.1. The third-order valence-corrected chi connectivity index (χ3v) is 8.41. The van der Waals surface area contributed by atoms with Crippen molar-refractivity contribution in [1.82, 2.24) is 14.5 Å². The smallest absolute Gasteiger partial charge is 0.254 e. The van der Waals surface area contributed by atoms with E-state index in [9.17, 15) is 26.8 Å². The summed E-state index contributed by atoms with van der Waals surface area (Å²) in [6, 6.07) is 9.33. The molecule has 0 radical (unpaired) electrons. The maximum Gasteiger partial charge on any atom is 0.254 e. The van der Waals surface area contributed by atoms with Crippen LogP contribution in [0.2, 0.25) is 0 Å². The van der Waals surface area contributed by atoms with Crippen LogP contribution >= 0.6 is 0 Å². The standard InChI is InChI=1S/C25H26F2N4O4S/c1-2-22(18-9-19(26)12-20(27)10-18)29-24(32)23-7-4-8-31(23)25(33)17-5-3-6-21(11-17)36(34,35)30-14-16(13-28)15-30/h3,5-6,9-12,16,22-23H,2,4,7-8,14-15H2,1H3,(H,29,32)/t22?,23-/m1/s1. The molecule has 2 aromatic rings. The highest BCUT2D eigenvalue weighted by Gasteiger charge is 2.38. The molecule has 2 aliphatic heterocycles. The number of carbonyl (C=O) groups excluding carboxylic acids is 2. The Kier molecular flexibility index (Phi) is 7.38. The van der Waals surface area contributed by atoms with Gasteiger partial charge >= 0.3 is 0 Å². The van der Waals surface area contributed by atoms with Crippen LogP contribution in [0.25, 0.3) is 0 Å². The first-order valence-electron chi connectivity index (χ1n) is 11.7. The van der Waals surface area contributed by atoms with E-state index in [1.165, 1.54) is 33.5 Å². The summed E-state index contributed by atoms with van der Waals surface area (Å²) in [5.74, 6) is -2.75. The minimum Gasteiger partial charge on any atom is -0.348 e. The summed E-state index contributed by atoms with van der Waals surface area (Å²) >= 11 is 0. The molecule has 0 bridgehead atoms. The summed E-state index contributed by atoms with van der Waals surface area (Å²) in [6.07, 6.45) is 1.38.